The van der Waals surface area contributed by atoms with Crippen LogP contribution in [0, 0.1) is 10.1 Å². The molecule has 0 rings (SSSR count). The third kappa shape index (κ3) is 13.1. The van der Waals surface area contributed by atoms with Gasteiger partial charge in [0, 0.05) is 6.42 Å². The highest BCUT2D eigenvalue weighted by Crippen LogP contribution is 2.10. The van der Waals surface area contributed by atoms with Crippen LogP contribution in [0.4, 0.5) is 0 Å². The highest BCUT2D eigenvalue weighted by molar-refractivity contribution is 5.72. The van der Waals surface area contributed by atoms with E-state index in [9.17, 15) is 19.7 Å². The molecular weight excluding hydrogens is 296 g/mol. The highest BCUT2D eigenvalue weighted by Gasteiger charge is 2.20. The van der Waals surface area contributed by atoms with E-state index in [1.165, 1.54) is 0 Å². The van der Waals surface area contributed by atoms with E-state index in [4.69, 9.17) is 15.2 Å². The van der Waals surface area contributed by atoms with Crippen LogP contribution in [0.3, 0.4) is 0 Å². The summed E-state index contributed by atoms with van der Waals surface area (Å²) in [4.78, 5) is 37.0. The average Bonchev–Trinajstić information content (AvgIpc) is 2.30. The van der Waals surface area contributed by atoms with E-state index >= 15 is 0 Å². The molecule has 0 saturated carbocycles. The van der Waals surface area contributed by atoms with Crippen LogP contribution in [0.2, 0.25) is 0 Å². The van der Waals surface area contributed by atoms with E-state index in [0.717, 1.165) is 0 Å². The van der Waals surface area contributed by atoms with Gasteiger partial charge in [-0.05, 0) is 33.6 Å². The van der Waals surface area contributed by atoms with Gasteiger partial charge in [-0.15, -0.1) is 10.1 Å². The Morgan fingerprint density at radius 2 is 1.82 bits per heavy atom. The lowest BCUT2D eigenvalue weighted by Crippen LogP contribution is -2.33. The number of rotatable bonds is 10. The first-order valence-corrected chi connectivity index (χ1v) is 7.04. The maximum absolute atomic E-state index is 11.5. The van der Waals surface area contributed by atoms with Gasteiger partial charge in [-0.25, -0.2) is 0 Å². The summed E-state index contributed by atoms with van der Waals surface area (Å²) in [6.45, 7) is 5.18. The number of esters is 2. The molecule has 128 valence electrons. The molecule has 0 aliphatic rings. The summed E-state index contributed by atoms with van der Waals surface area (Å²) in [5.41, 5.74) is 4.92. The molecule has 0 aliphatic carbocycles. The monoisotopic (exact) mass is 320 g/mol. The van der Waals surface area contributed by atoms with Crippen molar-refractivity contribution >= 4 is 11.9 Å². The predicted octanol–water partition coefficient (Wildman–Crippen LogP) is 1.31. The smallest absolute Gasteiger partial charge is 0.311 e. The second-order valence-corrected chi connectivity index (χ2v) is 5.69. The number of carbonyl (C=O) groups is 2. The van der Waals surface area contributed by atoms with Crippen LogP contribution in [0.25, 0.3) is 0 Å². The molecule has 0 saturated heterocycles. The lowest BCUT2D eigenvalue weighted by atomic mass is 10.2. The van der Waals surface area contributed by atoms with Crippen LogP contribution in [0.15, 0.2) is 0 Å². The zero-order chi connectivity index (χ0) is 17.2. The molecule has 22 heavy (non-hydrogen) atoms. The molecular formula is C13H24N2O7. The van der Waals surface area contributed by atoms with Crippen molar-refractivity contribution in [2.24, 2.45) is 5.73 Å². The first-order chi connectivity index (χ1) is 10.1. The third-order valence-electron chi connectivity index (χ3n) is 2.29. The number of hydrogen-bond acceptors (Lipinski definition) is 8. The molecule has 0 spiro atoms. The van der Waals surface area contributed by atoms with E-state index in [-0.39, 0.29) is 19.4 Å². The van der Waals surface area contributed by atoms with Crippen LogP contribution >= 0.6 is 0 Å². The van der Waals surface area contributed by atoms with Crippen molar-refractivity contribution in [1.29, 1.82) is 0 Å². The van der Waals surface area contributed by atoms with Gasteiger partial charge in [0.1, 0.15) is 5.60 Å². The van der Waals surface area contributed by atoms with Gasteiger partial charge < -0.3 is 14.3 Å². The summed E-state index contributed by atoms with van der Waals surface area (Å²) >= 11 is 0. The minimum Gasteiger partial charge on any atom is -0.460 e. The van der Waals surface area contributed by atoms with E-state index < -0.39 is 28.9 Å². The van der Waals surface area contributed by atoms with Gasteiger partial charge in [0.15, 0.2) is 6.23 Å². The normalized spacial score (nSPS) is 12.4. The number of nitrogens with zero attached hydrogens (tertiary/aromatic N) is 1. The van der Waals surface area contributed by atoms with E-state index in [1.807, 2.05) is 0 Å². The van der Waals surface area contributed by atoms with Crippen molar-refractivity contribution in [1.82, 2.24) is 0 Å². The Bertz CT molecular complexity index is 379. The lowest BCUT2D eigenvalue weighted by molar-refractivity contribution is -0.757. The minimum absolute atomic E-state index is 0.000204. The van der Waals surface area contributed by atoms with Crippen LogP contribution < -0.4 is 5.73 Å². The van der Waals surface area contributed by atoms with Gasteiger partial charge >= 0.3 is 11.9 Å². The molecule has 0 aliphatic heterocycles. The summed E-state index contributed by atoms with van der Waals surface area (Å²) in [6.07, 6.45) is 0.432. The Balaban J connectivity index is 3.74. The summed E-state index contributed by atoms with van der Waals surface area (Å²) in [5, 5.41) is 9.04. The molecule has 0 aromatic rings. The highest BCUT2D eigenvalue weighted by atomic mass is 16.9. The SMILES string of the molecule is CC(C)(C)OC(=O)CC(N)OC(=O)CCCCCO[N+](=O)[O-]. The molecule has 9 heteroatoms. The second-order valence-electron chi connectivity index (χ2n) is 5.69. The van der Waals surface area contributed by atoms with Crippen molar-refractivity contribution in [3.05, 3.63) is 10.1 Å². The fourth-order valence-electron chi connectivity index (χ4n) is 1.50. The number of hydrogen-bond donors (Lipinski definition) is 1. The topological polar surface area (TPSA) is 131 Å². The van der Waals surface area contributed by atoms with E-state index in [1.54, 1.807) is 20.8 Å². The van der Waals surface area contributed by atoms with Crippen molar-refractivity contribution in [3.8, 4) is 0 Å². The summed E-state index contributed by atoms with van der Waals surface area (Å²) in [5.74, 6) is -1.06. The van der Waals surface area contributed by atoms with Gasteiger partial charge in [-0.2, -0.15) is 0 Å². The fourth-order valence-corrected chi connectivity index (χ4v) is 1.50. The molecule has 0 fully saturated rings. The summed E-state index contributed by atoms with van der Waals surface area (Å²) in [7, 11) is 0. The van der Waals surface area contributed by atoms with E-state index in [0.29, 0.717) is 19.3 Å². The van der Waals surface area contributed by atoms with Gasteiger partial charge in [-0.1, -0.05) is 6.42 Å². The minimum atomic E-state index is -1.04. The van der Waals surface area contributed by atoms with Gasteiger partial charge in [0.25, 0.3) is 5.09 Å². The van der Waals surface area contributed by atoms with E-state index in [2.05, 4.69) is 4.84 Å². The molecule has 9 nitrogen and oxygen atoms in total. The van der Waals surface area contributed by atoms with Gasteiger partial charge in [0.05, 0.1) is 13.0 Å². The Hall–Kier alpha value is -1.90. The first-order valence-electron chi connectivity index (χ1n) is 7.04. The number of carbonyl (C=O) groups excluding carboxylic acids is 2. The van der Waals surface area contributed by atoms with Crippen molar-refractivity contribution in [2.75, 3.05) is 6.61 Å². The molecule has 0 bridgehead atoms. The molecule has 2 N–H and O–H groups in total. The summed E-state index contributed by atoms with van der Waals surface area (Å²) in [6, 6.07) is 0. The van der Waals surface area contributed by atoms with Crippen LogP contribution in [-0.4, -0.2) is 35.5 Å². The number of ether oxygens (including phenoxy) is 2. The Labute approximate surface area is 129 Å². The molecule has 0 aromatic heterocycles. The molecule has 1 atom stereocenters. The van der Waals surface area contributed by atoms with Crippen molar-refractivity contribution < 1.29 is 29.0 Å². The number of unbranched alkanes of at least 4 members (excludes halogenated alkanes) is 2. The summed E-state index contributed by atoms with van der Waals surface area (Å²) < 4.78 is 9.93. The molecule has 0 heterocycles. The lowest BCUT2D eigenvalue weighted by Gasteiger charge is -2.20. The fraction of sp³-hybridized carbons (Fsp3) is 0.846. The quantitative estimate of drug-likeness (QED) is 0.209. The maximum atomic E-state index is 11.5. The predicted molar refractivity (Wildman–Crippen MR) is 75.9 cm³/mol. The molecule has 1 unspecified atom stereocenters. The van der Waals surface area contributed by atoms with Crippen molar-refractivity contribution in [2.45, 2.75) is 64.7 Å². The van der Waals surface area contributed by atoms with Crippen LogP contribution in [0.5, 0.6) is 0 Å². The average molecular weight is 320 g/mol. The van der Waals surface area contributed by atoms with Crippen LogP contribution in [0.1, 0.15) is 52.9 Å². The standard InChI is InChI=1S/C13H24N2O7/c1-13(2,3)22-12(17)9-10(14)21-11(16)7-5-4-6-8-20-15(18)19/h10H,4-9,14H2,1-3H3. The maximum Gasteiger partial charge on any atom is 0.311 e. The Morgan fingerprint density at radius 1 is 1.18 bits per heavy atom. The van der Waals surface area contributed by atoms with Gasteiger partial charge in [0.2, 0.25) is 0 Å². The first kappa shape index (κ1) is 20.1. The largest absolute Gasteiger partial charge is 0.460 e. The molecule has 0 radical (unpaired) electrons. The van der Waals surface area contributed by atoms with Crippen molar-refractivity contribution in [3.63, 3.8) is 0 Å². The Kier molecular flexibility index (Phi) is 9.07. The van der Waals surface area contributed by atoms with Gasteiger partial charge in [-0.3, -0.25) is 15.3 Å². The Morgan fingerprint density at radius 3 is 2.36 bits per heavy atom. The molecule has 0 amide bonds. The zero-order valence-corrected chi connectivity index (χ0v) is 13.2. The molecule has 0 aromatic carbocycles. The number of nitrogens with two attached hydrogens (primary N) is 1. The van der Waals surface area contributed by atoms with Crippen LogP contribution in [-0.2, 0) is 23.9 Å². The second kappa shape index (κ2) is 9.93. The zero-order valence-electron chi connectivity index (χ0n) is 13.2. The third-order valence-corrected chi connectivity index (χ3v) is 2.29.